The lowest BCUT2D eigenvalue weighted by Gasteiger charge is -2.38. The van der Waals surface area contributed by atoms with E-state index < -0.39 is 0 Å². The minimum absolute atomic E-state index is 0.0260. The van der Waals surface area contributed by atoms with Crippen LogP contribution in [0.1, 0.15) is 27.2 Å². The molecule has 1 aromatic rings. The fraction of sp³-hybridized carbons (Fsp3) is 0.588. The van der Waals surface area contributed by atoms with Crippen LogP contribution in [0.3, 0.4) is 0 Å². The van der Waals surface area contributed by atoms with E-state index >= 15 is 0 Å². The Morgan fingerprint density at radius 2 is 2.00 bits per heavy atom. The first kappa shape index (κ1) is 17.1. The fourth-order valence-electron chi connectivity index (χ4n) is 3.21. The maximum absolute atomic E-state index is 12.6. The van der Waals surface area contributed by atoms with Gasteiger partial charge in [-0.1, -0.05) is 25.4 Å². The summed E-state index contributed by atoms with van der Waals surface area (Å²) in [6.45, 7) is 8.37. The van der Waals surface area contributed by atoms with E-state index in [1.54, 1.807) is 25.3 Å². The summed E-state index contributed by atoms with van der Waals surface area (Å²) < 4.78 is 5.27. The average molecular weight is 325 g/mol. The number of methoxy groups -OCH3 is 1. The van der Waals surface area contributed by atoms with Gasteiger partial charge in [-0.3, -0.25) is 9.69 Å². The van der Waals surface area contributed by atoms with Crippen molar-refractivity contribution in [3.05, 3.63) is 23.2 Å². The predicted molar refractivity (Wildman–Crippen MR) is 90.6 cm³/mol. The van der Waals surface area contributed by atoms with Crippen LogP contribution >= 0.6 is 11.6 Å². The van der Waals surface area contributed by atoms with Gasteiger partial charge in [0.05, 0.1) is 18.8 Å². The van der Waals surface area contributed by atoms with Crippen LogP contribution in [0.15, 0.2) is 18.2 Å². The third kappa shape index (κ3) is 4.14. The molecule has 1 amide bonds. The number of carbonyl (C=O) groups is 1. The summed E-state index contributed by atoms with van der Waals surface area (Å²) >= 11 is 6.01. The van der Waals surface area contributed by atoms with Gasteiger partial charge in [0.1, 0.15) is 5.75 Å². The summed E-state index contributed by atoms with van der Waals surface area (Å²) in [5.74, 6) is 1.84. The smallest absolute Gasteiger partial charge is 0.241 e. The van der Waals surface area contributed by atoms with Gasteiger partial charge < -0.3 is 10.1 Å². The lowest BCUT2D eigenvalue weighted by Crippen LogP contribution is -2.48. The van der Waals surface area contributed by atoms with Crippen LogP contribution in [0.4, 0.5) is 5.69 Å². The number of carbonyl (C=O) groups excluding carboxylic acids is 1. The van der Waals surface area contributed by atoms with Gasteiger partial charge in [-0.2, -0.15) is 0 Å². The number of nitrogens with zero attached hydrogens (tertiary/aromatic N) is 1. The molecule has 4 nitrogen and oxygen atoms in total. The van der Waals surface area contributed by atoms with E-state index in [9.17, 15) is 4.79 Å². The molecule has 1 aliphatic heterocycles. The zero-order chi connectivity index (χ0) is 16.3. The fourth-order valence-corrected chi connectivity index (χ4v) is 3.38. The number of ether oxygens (including phenoxy) is 1. The molecule has 122 valence electrons. The van der Waals surface area contributed by atoms with Crippen molar-refractivity contribution in [1.29, 1.82) is 0 Å². The lowest BCUT2D eigenvalue weighted by molar-refractivity contribution is -0.121. The van der Waals surface area contributed by atoms with Gasteiger partial charge in [0.25, 0.3) is 0 Å². The molecule has 1 fully saturated rings. The standard InChI is InChI=1S/C17H25ClN2O2/c1-11-7-12(2)10-20(9-11)13(3)17(21)19-15-8-14(18)5-6-16(15)22-4/h5-6,8,11-13H,7,9-10H2,1-4H3,(H,19,21)/t11-,12-,13+/m1/s1. The van der Waals surface area contributed by atoms with Crippen molar-refractivity contribution in [2.45, 2.75) is 33.2 Å². The molecule has 1 saturated heterocycles. The van der Waals surface area contributed by atoms with Crippen molar-refractivity contribution in [3.8, 4) is 5.75 Å². The van der Waals surface area contributed by atoms with Crippen molar-refractivity contribution in [2.24, 2.45) is 11.8 Å². The van der Waals surface area contributed by atoms with Crippen LogP contribution in [0.5, 0.6) is 5.75 Å². The highest BCUT2D eigenvalue weighted by Gasteiger charge is 2.29. The van der Waals surface area contributed by atoms with Gasteiger partial charge in [0.2, 0.25) is 5.91 Å². The summed E-state index contributed by atoms with van der Waals surface area (Å²) in [7, 11) is 1.58. The molecular weight excluding hydrogens is 300 g/mol. The van der Waals surface area contributed by atoms with E-state index in [1.807, 2.05) is 6.92 Å². The molecule has 0 unspecified atom stereocenters. The Bertz CT molecular complexity index is 525. The molecule has 5 heteroatoms. The molecule has 0 saturated carbocycles. The second-order valence-corrected chi connectivity index (χ2v) is 6.85. The number of benzene rings is 1. The first-order valence-electron chi connectivity index (χ1n) is 7.79. The van der Waals surface area contributed by atoms with E-state index in [0.29, 0.717) is 28.3 Å². The predicted octanol–water partition coefficient (Wildman–Crippen LogP) is 3.65. The summed E-state index contributed by atoms with van der Waals surface area (Å²) in [4.78, 5) is 14.8. The Balaban J connectivity index is 2.07. The number of hydrogen-bond donors (Lipinski definition) is 1. The number of rotatable bonds is 4. The highest BCUT2D eigenvalue weighted by atomic mass is 35.5. The zero-order valence-corrected chi connectivity index (χ0v) is 14.5. The largest absolute Gasteiger partial charge is 0.495 e. The van der Waals surface area contributed by atoms with Crippen LogP contribution in [0.2, 0.25) is 5.02 Å². The molecule has 0 aliphatic carbocycles. The summed E-state index contributed by atoms with van der Waals surface area (Å²) in [5, 5.41) is 3.51. The van der Waals surface area contributed by atoms with Gasteiger partial charge >= 0.3 is 0 Å². The van der Waals surface area contributed by atoms with Gasteiger partial charge in [-0.05, 0) is 43.4 Å². The highest BCUT2D eigenvalue weighted by molar-refractivity contribution is 6.31. The second kappa shape index (κ2) is 7.34. The molecule has 2 rings (SSSR count). The third-order valence-electron chi connectivity index (χ3n) is 4.24. The normalized spacial score (nSPS) is 23.9. The van der Waals surface area contributed by atoms with E-state index in [4.69, 9.17) is 16.3 Å². The first-order valence-corrected chi connectivity index (χ1v) is 8.17. The van der Waals surface area contributed by atoms with E-state index in [0.717, 1.165) is 13.1 Å². The Morgan fingerprint density at radius 1 is 1.36 bits per heavy atom. The van der Waals surface area contributed by atoms with E-state index in [1.165, 1.54) is 6.42 Å². The zero-order valence-electron chi connectivity index (χ0n) is 13.7. The number of anilines is 1. The second-order valence-electron chi connectivity index (χ2n) is 6.41. The maximum atomic E-state index is 12.6. The van der Waals surface area contributed by atoms with Crippen molar-refractivity contribution in [2.75, 3.05) is 25.5 Å². The number of nitrogens with one attached hydrogen (secondary N) is 1. The van der Waals surface area contributed by atoms with Crippen LogP contribution in [-0.2, 0) is 4.79 Å². The number of halogens is 1. The summed E-state index contributed by atoms with van der Waals surface area (Å²) in [6.07, 6.45) is 1.23. The van der Waals surface area contributed by atoms with Crippen molar-refractivity contribution >= 4 is 23.2 Å². The monoisotopic (exact) mass is 324 g/mol. The molecular formula is C17H25ClN2O2. The van der Waals surface area contributed by atoms with Crippen molar-refractivity contribution in [3.63, 3.8) is 0 Å². The molecule has 0 aromatic heterocycles. The van der Waals surface area contributed by atoms with Gasteiger partial charge in [0, 0.05) is 18.1 Å². The van der Waals surface area contributed by atoms with Gasteiger partial charge in [-0.25, -0.2) is 0 Å². The number of likely N-dealkylation sites (tertiary alicyclic amines) is 1. The van der Waals surface area contributed by atoms with Gasteiger partial charge in [0.15, 0.2) is 0 Å². The molecule has 0 bridgehead atoms. The van der Waals surface area contributed by atoms with Crippen LogP contribution in [0, 0.1) is 11.8 Å². The molecule has 1 aliphatic rings. The van der Waals surface area contributed by atoms with Crippen molar-refractivity contribution in [1.82, 2.24) is 4.90 Å². The Kier molecular flexibility index (Phi) is 5.70. The molecule has 1 aromatic carbocycles. The summed E-state index contributed by atoms with van der Waals surface area (Å²) in [6, 6.07) is 5.04. The van der Waals surface area contributed by atoms with Crippen molar-refractivity contribution < 1.29 is 9.53 Å². The topological polar surface area (TPSA) is 41.6 Å². The average Bonchev–Trinajstić information content (AvgIpc) is 2.45. The molecule has 3 atom stereocenters. The molecule has 0 spiro atoms. The number of piperidine rings is 1. The van der Waals surface area contributed by atoms with E-state index in [2.05, 4.69) is 24.1 Å². The summed E-state index contributed by atoms with van der Waals surface area (Å²) in [5.41, 5.74) is 0.616. The maximum Gasteiger partial charge on any atom is 0.241 e. The molecule has 1 heterocycles. The Morgan fingerprint density at radius 3 is 2.59 bits per heavy atom. The number of amides is 1. The Labute approximate surface area is 137 Å². The van der Waals surface area contributed by atoms with Crippen LogP contribution in [0.25, 0.3) is 0 Å². The quantitative estimate of drug-likeness (QED) is 0.919. The number of hydrogen-bond acceptors (Lipinski definition) is 3. The highest BCUT2D eigenvalue weighted by Crippen LogP contribution is 2.28. The first-order chi connectivity index (χ1) is 10.4. The minimum Gasteiger partial charge on any atom is -0.495 e. The van der Waals surface area contributed by atoms with Crippen LogP contribution in [-0.4, -0.2) is 37.0 Å². The molecule has 22 heavy (non-hydrogen) atoms. The molecule has 1 N–H and O–H groups in total. The van der Waals surface area contributed by atoms with Gasteiger partial charge in [-0.15, -0.1) is 0 Å². The minimum atomic E-state index is -0.172. The SMILES string of the molecule is COc1ccc(Cl)cc1NC(=O)[C@H](C)N1C[C@H](C)C[C@@H](C)C1. The van der Waals surface area contributed by atoms with Crippen LogP contribution < -0.4 is 10.1 Å². The van der Waals surface area contributed by atoms with E-state index in [-0.39, 0.29) is 11.9 Å². The third-order valence-corrected chi connectivity index (χ3v) is 4.48. The lowest BCUT2D eigenvalue weighted by atomic mass is 9.91. The Hall–Kier alpha value is -1.26. The molecule has 0 radical (unpaired) electrons.